The van der Waals surface area contributed by atoms with Crippen molar-refractivity contribution in [2.45, 2.75) is 16.3 Å². The van der Waals surface area contributed by atoms with Crippen LogP contribution in [0.5, 0.6) is 0 Å². The molecule has 0 radical (unpaired) electrons. The van der Waals surface area contributed by atoms with Gasteiger partial charge >= 0.3 is 0 Å². The quantitative estimate of drug-likeness (QED) is 0.237. The summed E-state index contributed by atoms with van der Waals surface area (Å²) < 4.78 is 26.3. The summed E-state index contributed by atoms with van der Waals surface area (Å²) in [4.78, 5) is 25.3. The zero-order valence-electron chi connectivity index (χ0n) is 19.5. The summed E-state index contributed by atoms with van der Waals surface area (Å²) in [6.07, 6.45) is 0. The van der Waals surface area contributed by atoms with Crippen molar-refractivity contribution in [1.82, 2.24) is 5.32 Å². The van der Waals surface area contributed by atoms with Crippen molar-refractivity contribution < 1.29 is 18.0 Å². The van der Waals surface area contributed by atoms with Crippen LogP contribution in [0.2, 0.25) is 0 Å². The van der Waals surface area contributed by atoms with Crippen LogP contribution < -0.4 is 16.4 Å². The maximum absolute atomic E-state index is 13.1. The largest absolute Gasteiger partial charge is 0.384 e. The molecular weight excluding hydrogens is 488 g/mol. The molecule has 4 aromatic rings. The van der Waals surface area contributed by atoms with Crippen LogP contribution in [0.1, 0.15) is 31.8 Å². The molecule has 1 aliphatic heterocycles. The molecule has 5 N–H and O–H groups in total. The van der Waals surface area contributed by atoms with Crippen molar-refractivity contribution >= 4 is 33.2 Å². The zero-order valence-corrected chi connectivity index (χ0v) is 20.3. The van der Waals surface area contributed by atoms with E-state index in [0.717, 1.165) is 16.7 Å². The highest BCUT2D eigenvalue weighted by Crippen LogP contribution is 2.34. The second-order valence-electron chi connectivity index (χ2n) is 8.54. The summed E-state index contributed by atoms with van der Waals surface area (Å²) in [5.41, 5.74) is 9.29. The normalized spacial score (nSPS) is 13.5. The smallest absolute Gasteiger partial charge is 0.257 e. The average Bonchev–Trinajstić information content (AvgIpc) is 2.99. The molecule has 4 aromatic carbocycles. The third kappa shape index (κ3) is 4.60. The minimum Gasteiger partial charge on any atom is -0.384 e. The summed E-state index contributed by atoms with van der Waals surface area (Å²) in [5.74, 6) is -0.959. The Morgan fingerprint density at radius 1 is 0.838 bits per heavy atom. The van der Waals surface area contributed by atoms with Crippen LogP contribution in [0.25, 0.3) is 11.1 Å². The van der Waals surface area contributed by atoms with Gasteiger partial charge in [-0.25, -0.2) is 8.42 Å². The van der Waals surface area contributed by atoms with Crippen LogP contribution in [-0.2, 0) is 16.4 Å². The molecule has 37 heavy (non-hydrogen) atoms. The fourth-order valence-electron chi connectivity index (χ4n) is 4.17. The molecule has 0 saturated carbocycles. The lowest BCUT2D eigenvalue weighted by atomic mass is 10.0. The van der Waals surface area contributed by atoms with Gasteiger partial charge in [-0.05, 0) is 53.1 Å². The molecule has 5 rings (SSSR count). The van der Waals surface area contributed by atoms with Crippen LogP contribution >= 0.6 is 0 Å². The Kier molecular flexibility index (Phi) is 6.06. The van der Waals surface area contributed by atoms with Crippen LogP contribution in [0.4, 0.5) is 5.69 Å². The summed E-state index contributed by atoms with van der Waals surface area (Å²) >= 11 is 0. The minimum atomic E-state index is -3.94. The highest BCUT2D eigenvalue weighted by Gasteiger charge is 2.31. The zero-order chi connectivity index (χ0) is 26.2. The van der Waals surface area contributed by atoms with E-state index in [4.69, 9.17) is 11.1 Å². The monoisotopic (exact) mass is 510 g/mol. The highest BCUT2D eigenvalue weighted by molar-refractivity contribution is 7.91. The van der Waals surface area contributed by atoms with Gasteiger partial charge in [0, 0.05) is 17.7 Å². The number of sulfone groups is 1. The molecule has 1 aliphatic rings. The van der Waals surface area contributed by atoms with Gasteiger partial charge < -0.3 is 16.4 Å². The number of hydrogen-bond donors (Lipinski definition) is 4. The Hall–Kier alpha value is -4.76. The number of nitrogen functional groups attached to an aromatic ring is 1. The maximum atomic E-state index is 13.1. The Labute approximate surface area is 213 Å². The molecule has 2 amide bonds. The molecule has 0 aromatic heterocycles. The van der Waals surface area contributed by atoms with E-state index in [9.17, 15) is 18.0 Å². The number of benzene rings is 4. The number of anilines is 1. The molecular formula is C28H22N4O4S. The molecule has 184 valence electrons. The number of amides is 2. The molecule has 1 heterocycles. The molecule has 0 spiro atoms. The van der Waals surface area contributed by atoms with Crippen LogP contribution in [-0.4, -0.2) is 26.1 Å². The van der Waals surface area contributed by atoms with E-state index in [1.165, 1.54) is 30.3 Å². The van der Waals surface area contributed by atoms with Gasteiger partial charge in [0.1, 0.15) is 5.84 Å². The molecule has 0 unspecified atom stereocenters. The predicted octanol–water partition coefficient (Wildman–Crippen LogP) is 3.97. The van der Waals surface area contributed by atoms with Gasteiger partial charge in [0.15, 0.2) is 0 Å². The lowest BCUT2D eigenvalue weighted by Crippen LogP contribution is -2.23. The van der Waals surface area contributed by atoms with E-state index < -0.39 is 21.7 Å². The van der Waals surface area contributed by atoms with Crippen molar-refractivity contribution in [3.05, 3.63) is 113 Å². The first-order valence-corrected chi connectivity index (χ1v) is 12.8. The van der Waals surface area contributed by atoms with Crippen molar-refractivity contribution in [2.75, 3.05) is 5.32 Å². The van der Waals surface area contributed by atoms with E-state index in [1.807, 2.05) is 42.5 Å². The number of carbonyl (C=O) groups excluding carboxylic acids is 2. The van der Waals surface area contributed by atoms with Gasteiger partial charge in [-0.2, -0.15) is 0 Å². The van der Waals surface area contributed by atoms with Crippen LogP contribution in [0, 0.1) is 5.41 Å². The van der Waals surface area contributed by atoms with Crippen molar-refractivity contribution in [3.63, 3.8) is 0 Å². The summed E-state index contributed by atoms with van der Waals surface area (Å²) in [6, 6.07) is 25.1. The van der Waals surface area contributed by atoms with Crippen molar-refractivity contribution in [1.29, 1.82) is 5.41 Å². The van der Waals surface area contributed by atoms with E-state index in [-0.39, 0.29) is 39.0 Å². The standard InChI is InChI=1S/C28H22N4O4S/c29-26(30)20-5-3-4-19(14-20)18-10-8-17(9-11-18)16-31-27(33)21-12-13-25-23(15-21)32-28(34)22-6-1-2-7-24(22)37(25,35)36/h1-15H,16H2,(H3,29,30)(H,31,33)(H,32,34). The second-order valence-corrected chi connectivity index (χ2v) is 10.4. The summed E-state index contributed by atoms with van der Waals surface area (Å²) in [7, 11) is -3.94. The number of nitrogens with one attached hydrogen (secondary N) is 3. The van der Waals surface area contributed by atoms with Gasteiger partial charge in [-0.1, -0.05) is 54.6 Å². The molecule has 0 aliphatic carbocycles. The van der Waals surface area contributed by atoms with Gasteiger partial charge in [0.05, 0.1) is 21.0 Å². The van der Waals surface area contributed by atoms with Crippen molar-refractivity contribution in [2.24, 2.45) is 5.73 Å². The van der Waals surface area contributed by atoms with E-state index in [2.05, 4.69) is 10.6 Å². The number of carbonyl (C=O) groups is 2. The van der Waals surface area contributed by atoms with Gasteiger partial charge in [-0.3, -0.25) is 15.0 Å². The van der Waals surface area contributed by atoms with Crippen LogP contribution in [0.15, 0.2) is 101 Å². The molecule has 0 atom stereocenters. The molecule has 9 heteroatoms. The van der Waals surface area contributed by atoms with E-state index in [0.29, 0.717) is 5.56 Å². The minimum absolute atomic E-state index is 0.000635. The Morgan fingerprint density at radius 2 is 1.59 bits per heavy atom. The fourth-order valence-corrected chi connectivity index (χ4v) is 5.76. The Bertz CT molecular complexity index is 1680. The third-order valence-electron chi connectivity index (χ3n) is 6.11. The number of fused-ring (bicyclic) bond motifs is 2. The van der Waals surface area contributed by atoms with Gasteiger partial charge in [0.25, 0.3) is 11.8 Å². The fraction of sp³-hybridized carbons (Fsp3) is 0.0357. The predicted molar refractivity (Wildman–Crippen MR) is 140 cm³/mol. The van der Waals surface area contributed by atoms with Gasteiger partial charge in [-0.15, -0.1) is 0 Å². The van der Waals surface area contributed by atoms with Crippen LogP contribution in [0.3, 0.4) is 0 Å². The van der Waals surface area contributed by atoms with Crippen molar-refractivity contribution in [3.8, 4) is 11.1 Å². The molecule has 0 bridgehead atoms. The average molecular weight is 511 g/mol. The topological polar surface area (TPSA) is 142 Å². The number of rotatable bonds is 5. The molecule has 8 nitrogen and oxygen atoms in total. The molecule has 0 saturated heterocycles. The first-order valence-electron chi connectivity index (χ1n) is 11.4. The first-order chi connectivity index (χ1) is 17.7. The number of nitrogens with two attached hydrogens (primary N) is 1. The van der Waals surface area contributed by atoms with E-state index >= 15 is 0 Å². The maximum Gasteiger partial charge on any atom is 0.257 e. The lowest BCUT2D eigenvalue weighted by Gasteiger charge is -2.11. The summed E-state index contributed by atoms with van der Waals surface area (Å²) in [5, 5.41) is 13.0. The first kappa shape index (κ1) is 24.0. The third-order valence-corrected chi connectivity index (χ3v) is 7.98. The second kappa shape index (κ2) is 9.36. The van der Waals surface area contributed by atoms with Gasteiger partial charge in [0.2, 0.25) is 9.84 Å². The Morgan fingerprint density at radius 3 is 2.35 bits per heavy atom. The summed E-state index contributed by atoms with van der Waals surface area (Å²) in [6.45, 7) is 0.250. The SMILES string of the molecule is N=C(N)c1cccc(-c2ccc(CNC(=O)c3ccc4c(c3)NC(=O)c3ccccc3S4(=O)=O)cc2)c1. The number of amidine groups is 1. The molecule has 0 fully saturated rings. The Balaban J connectivity index is 1.32. The number of hydrogen-bond acceptors (Lipinski definition) is 5. The van der Waals surface area contributed by atoms with E-state index in [1.54, 1.807) is 18.2 Å². The lowest BCUT2D eigenvalue weighted by molar-refractivity contribution is 0.0949. The highest BCUT2D eigenvalue weighted by atomic mass is 32.2.